The molecule has 19 heavy (non-hydrogen) atoms. The van der Waals surface area contributed by atoms with Crippen LogP contribution in [0.4, 0.5) is 0 Å². The minimum absolute atomic E-state index is 0.0229. The van der Waals surface area contributed by atoms with Gasteiger partial charge in [-0.1, -0.05) is 36.8 Å². The molecular weight excluding hydrogens is 238 g/mol. The standard InChI is InChI=1S/C16H19NO2/c1-17(14-9-3-4-10-14)16(19)15-11-5-2-7-13(15)8-6-12-18/h2,5,7,11,14,18H,3-4,9-10,12H2,1H3. The summed E-state index contributed by atoms with van der Waals surface area (Å²) in [5.74, 6) is 5.47. The van der Waals surface area contributed by atoms with E-state index in [2.05, 4.69) is 11.8 Å². The molecule has 1 saturated carbocycles. The average molecular weight is 257 g/mol. The average Bonchev–Trinajstić information content (AvgIpc) is 2.98. The van der Waals surface area contributed by atoms with Crippen molar-refractivity contribution < 1.29 is 9.90 Å². The molecule has 1 aromatic carbocycles. The summed E-state index contributed by atoms with van der Waals surface area (Å²) < 4.78 is 0. The molecule has 0 aromatic heterocycles. The van der Waals surface area contributed by atoms with Gasteiger partial charge in [-0.25, -0.2) is 0 Å². The number of rotatable bonds is 2. The van der Waals surface area contributed by atoms with Crippen LogP contribution in [0.25, 0.3) is 0 Å². The molecule has 0 unspecified atom stereocenters. The van der Waals surface area contributed by atoms with Crippen LogP contribution in [0.15, 0.2) is 24.3 Å². The summed E-state index contributed by atoms with van der Waals surface area (Å²) in [6.45, 7) is -0.193. The van der Waals surface area contributed by atoms with Crippen LogP contribution in [0.5, 0.6) is 0 Å². The second-order valence-electron chi connectivity index (χ2n) is 4.86. The van der Waals surface area contributed by atoms with Crippen LogP contribution < -0.4 is 0 Å². The molecule has 2 rings (SSSR count). The molecule has 0 spiro atoms. The lowest BCUT2D eigenvalue weighted by Gasteiger charge is -2.24. The van der Waals surface area contributed by atoms with Gasteiger partial charge in [0.25, 0.3) is 5.91 Å². The van der Waals surface area contributed by atoms with E-state index in [-0.39, 0.29) is 12.5 Å². The SMILES string of the molecule is CN(C(=O)c1ccccc1C#CCO)C1CCCC1. The van der Waals surface area contributed by atoms with Crippen molar-refractivity contribution in [3.8, 4) is 11.8 Å². The third kappa shape index (κ3) is 3.15. The summed E-state index contributed by atoms with van der Waals surface area (Å²) in [7, 11) is 1.87. The Morgan fingerprint density at radius 3 is 2.74 bits per heavy atom. The van der Waals surface area contributed by atoms with E-state index in [1.165, 1.54) is 12.8 Å². The highest BCUT2D eigenvalue weighted by Crippen LogP contribution is 2.24. The molecule has 1 N–H and O–H groups in total. The van der Waals surface area contributed by atoms with E-state index in [0.717, 1.165) is 12.8 Å². The normalized spacial score (nSPS) is 14.8. The largest absolute Gasteiger partial charge is 0.384 e. The van der Waals surface area contributed by atoms with Crippen molar-refractivity contribution in [2.75, 3.05) is 13.7 Å². The van der Waals surface area contributed by atoms with Crippen molar-refractivity contribution >= 4 is 5.91 Å². The molecule has 0 aliphatic heterocycles. The number of aliphatic hydroxyl groups is 1. The molecule has 1 aromatic rings. The molecule has 1 aliphatic carbocycles. The van der Waals surface area contributed by atoms with Gasteiger partial charge in [0.2, 0.25) is 0 Å². The van der Waals surface area contributed by atoms with Crippen LogP contribution >= 0.6 is 0 Å². The van der Waals surface area contributed by atoms with Gasteiger partial charge in [-0.15, -0.1) is 0 Å². The van der Waals surface area contributed by atoms with Crippen LogP contribution in [-0.4, -0.2) is 35.6 Å². The molecule has 0 bridgehead atoms. The summed E-state index contributed by atoms with van der Waals surface area (Å²) >= 11 is 0. The monoisotopic (exact) mass is 257 g/mol. The second-order valence-corrected chi connectivity index (χ2v) is 4.86. The van der Waals surface area contributed by atoms with Crippen LogP contribution in [0.1, 0.15) is 41.6 Å². The first-order valence-corrected chi connectivity index (χ1v) is 6.70. The molecule has 1 aliphatic rings. The molecule has 0 saturated heterocycles. The summed E-state index contributed by atoms with van der Waals surface area (Å²) in [5.41, 5.74) is 1.31. The number of nitrogens with zero attached hydrogens (tertiary/aromatic N) is 1. The lowest BCUT2D eigenvalue weighted by atomic mass is 10.1. The van der Waals surface area contributed by atoms with Crippen LogP contribution in [0.3, 0.4) is 0 Å². The Morgan fingerprint density at radius 2 is 2.05 bits per heavy atom. The first kappa shape index (κ1) is 13.6. The number of amides is 1. The van der Waals surface area contributed by atoms with E-state index in [1.807, 2.05) is 30.1 Å². The highest BCUT2D eigenvalue weighted by molar-refractivity contribution is 5.96. The Bertz CT molecular complexity index is 507. The molecule has 0 heterocycles. The van der Waals surface area contributed by atoms with Crippen molar-refractivity contribution in [3.63, 3.8) is 0 Å². The summed E-state index contributed by atoms with van der Waals surface area (Å²) in [6, 6.07) is 7.67. The van der Waals surface area contributed by atoms with Crippen molar-refractivity contribution in [3.05, 3.63) is 35.4 Å². The Kier molecular flexibility index (Phi) is 4.59. The minimum Gasteiger partial charge on any atom is -0.384 e. The van der Waals surface area contributed by atoms with Gasteiger partial charge in [0, 0.05) is 18.7 Å². The van der Waals surface area contributed by atoms with Crippen LogP contribution in [0.2, 0.25) is 0 Å². The van der Waals surface area contributed by atoms with Crippen molar-refractivity contribution in [2.24, 2.45) is 0 Å². The fourth-order valence-electron chi connectivity index (χ4n) is 2.56. The number of carbonyl (C=O) groups is 1. The molecule has 1 amide bonds. The number of benzene rings is 1. The first-order valence-electron chi connectivity index (χ1n) is 6.70. The minimum atomic E-state index is -0.193. The maximum atomic E-state index is 12.5. The number of aliphatic hydroxyl groups excluding tert-OH is 1. The fourth-order valence-corrected chi connectivity index (χ4v) is 2.56. The van der Waals surface area contributed by atoms with E-state index < -0.39 is 0 Å². The van der Waals surface area contributed by atoms with E-state index in [0.29, 0.717) is 17.2 Å². The van der Waals surface area contributed by atoms with Crippen LogP contribution in [0, 0.1) is 11.8 Å². The molecule has 0 radical (unpaired) electrons. The Hall–Kier alpha value is -1.79. The zero-order valence-corrected chi connectivity index (χ0v) is 11.2. The third-order valence-electron chi connectivity index (χ3n) is 3.65. The lowest BCUT2D eigenvalue weighted by molar-refractivity contribution is 0.0735. The van der Waals surface area contributed by atoms with Gasteiger partial charge >= 0.3 is 0 Å². The van der Waals surface area contributed by atoms with Gasteiger partial charge in [0.1, 0.15) is 6.61 Å². The van der Waals surface area contributed by atoms with Gasteiger partial charge in [0.15, 0.2) is 0 Å². The predicted octanol–water partition coefficient (Wildman–Crippen LogP) is 2.04. The molecule has 0 atom stereocenters. The van der Waals surface area contributed by atoms with Crippen molar-refractivity contribution in [1.82, 2.24) is 4.90 Å². The molecular formula is C16H19NO2. The summed E-state index contributed by atoms with van der Waals surface area (Å²) in [6.07, 6.45) is 4.59. The zero-order chi connectivity index (χ0) is 13.7. The van der Waals surface area contributed by atoms with Gasteiger partial charge in [-0.3, -0.25) is 4.79 Å². The van der Waals surface area contributed by atoms with Gasteiger partial charge in [-0.05, 0) is 25.0 Å². The third-order valence-corrected chi connectivity index (χ3v) is 3.65. The van der Waals surface area contributed by atoms with Crippen molar-refractivity contribution in [2.45, 2.75) is 31.7 Å². The second kappa shape index (κ2) is 6.40. The van der Waals surface area contributed by atoms with E-state index in [9.17, 15) is 4.79 Å². The number of hydrogen-bond acceptors (Lipinski definition) is 2. The van der Waals surface area contributed by atoms with E-state index >= 15 is 0 Å². The van der Waals surface area contributed by atoms with Gasteiger partial charge in [0.05, 0.1) is 5.56 Å². The van der Waals surface area contributed by atoms with Crippen LogP contribution in [-0.2, 0) is 0 Å². The zero-order valence-electron chi connectivity index (χ0n) is 11.2. The van der Waals surface area contributed by atoms with E-state index in [1.54, 1.807) is 6.07 Å². The molecule has 3 nitrogen and oxygen atoms in total. The predicted molar refractivity (Wildman–Crippen MR) is 74.8 cm³/mol. The highest BCUT2D eigenvalue weighted by atomic mass is 16.2. The Labute approximate surface area is 114 Å². The Balaban J connectivity index is 2.22. The quantitative estimate of drug-likeness (QED) is 0.824. The number of carbonyl (C=O) groups excluding carboxylic acids is 1. The smallest absolute Gasteiger partial charge is 0.255 e. The topological polar surface area (TPSA) is 40.5 Å². The van der Waals surface area contributed by atoms with Gasteiger partial charge < -0.3 is 10.0 Å². The summed E-state index contributed by atoms with van der Waals surface area (Å²) in [4.78, 5) is 14.4. The Morgan fingerprint density at radius 1 is 1.37 bits per heavy atom. The number of hydrogen-bond donors (Lipinski definition) is 1. The fraction of sp³-hybridized carbons (Fsp3) is 0.438. The molecule has 100 valence electrons. The lowest BCUT2D eigenvalue weighted by Crippen LogP contribution is -2.35. The molecule has 1 fully saturated rings. The first-order chi connectivity index (χ1) is 9.24. The highest BCUT2D eigenvalue weighted by Gasteiger charge is 2.25. The van der Waals surface area contributed by atoms with Gasteiger partial charge in [-0.2, -0.15) is 0 Å². The van der Waals surface area contributed by atoms with E-state index in [4.69, 9.17) is 5.11 Å². The van der Waals surface area contributed by atoms with Crippen molar-refractivity contribution in [1.29, 1.82) is 0 Å². The molecule has 3 heteroatoms. The maximum Gasteiger partial charge on any atom is 0.255 e. The summed E-state index contributed by atoms with van der Waals surface area (Å²) in [5, 5.41) is 8.77. The maximum absolute atomic E-state index is 12.5.